The van der Waals surface area contributed by atoms with E-state index in [2.05, 4.69) is 29.4 Å². The summed E-state index contributed by atoms with van der Waals surface area (Å²) in [5, 5.41) is 10.1. The van der Waals surface area contributed by atoms with Crippen LogP contribution in [0.25, 0.3) is 0 Å². The van der Waals surface area contributed by atoms with Crippen molar-refractivity contribution in [3.63, 3.8) is 0 Å². The Hall–Kier alpha value is -1.33. The highest BCUT2D eigenvalue weighted by atomic mass is 16.3. The molecule has 5 heteroatoms. The Morgan fingerprint density at radius 2 is 1.84 bits per heavy atom. The average molecular weight is 345 g/mol. The maximum atomic E-state index is 13.0. The second-order valence-corrected chi connectivity index (χ2v) is 8.23. The molecule has 4 rings (SSSR count). The molecule has 2 aliphatic carbocycles. The van der Waals surface area contributed by atoms with E-state index >= 15 is 0 Å². The number of nitrogens with zero attached hydrogens (tertiary/aromatic N) is 3. The summed E-state index contributed by atoms with van der Waals surface area (Å²) in [4.78, 5) is 17.4. The van der Waals surface area contributed by atoms with Crippen molar-refractivity contribution >= 4 is 5.91 Å². The highest BCUT2D eigenvalue weighted by Gasteiger charge is 2.34. The van der Waals surface area contributed by atoms with Gasteiger partial charge in [0.15, 0.2) is 0 Å². The maximum absolute atomic E-state index is 13.0. The van der Waals surface area contributed by atoms with Gasteiger partial charge in [-0.2, -0.15) is 0 Å². The van der Waals surface area contributed by atoms with Crippen molar-refractivity contribution in [2.45, 2.75) is 64.6 Å². The third-order valence-corrected chi connectivity index (χ3v) is 6.46. The molecule has 1 saturated heterocycles. The molecular weight excluding hydrogens is 314 g/mol. The molecule has 1 amide bonds. The van der Waals surface area contributed by atoms with E-state index in [0.29, 0.717) is 6.04 Å². The Morgan fingerprint density at radius 3 is 2.44 bits per heavy atom. The quantitative estimate of drug-likeness (QED) is 0.910. The van der Waals surface area contributed by atoms with E-state index in [-0.39, 0.29) is 12.0 Å². The summed E-state index contributed by atoms with van der Waals surface area (Å²) in [6, 6.07) is 2.38. The van der Waals surface area contributed by atoms with Crippen LogP contribution < -0.4 is 0 Å². The van der Waals surface area contributed by atoms with Crippen LogP contribution in [0, 0.1) is 19.8 Å². The minimum Gasteiger partial charge on any atom is -0.391 e. The van der Waals surface area contributed by atoms with Crippen molar-refractivity contribution in [3.05, 3.63) is 23.0 Å². The number of amides is 1. The zero-order chi connectivity index (χ0) is 17.6. The summed E-state index contributed by atoms with van der Waals surface area (Å²) in [6.45, 7) is 8.59. The van der Waals surface area contributed by atoms with Crippen molar-refractivity contribution in [2.24, 2.45) is 5.92 Å². The van der Waals surface area contributed by atoms with Crippen molar-refractivity contribution in [1.29, 1.82) is 0 Å². The van der Waals surface area contributed by atoms with Crippen LogP contribution in [0.3, 0.4) is 0 Å². The smallest absolute Gasteiger partial charge is 0.255 e. The number of rotatable bonds is 4. The van der Waals surface area contributed by atoms with E-state index in [1.807, 2.05) is 4.90 Å². The van der Waals surface area contributed by atoms with Gasteiger partial charge in [0.1, 0.15) is 0 Å². The number of hydrogen-bond acceptors (Lipinski definition) is 3. The molecule has 0 unspecified atom stereocenters. The van der Waals surface area contributed by atoms with Gasteiger partial charge >= 0.3 is 0 Å². The monoisotopic (exact) mass is 345 g/mol. The van der Waals surface area contributed by atoms with Gasteiger partial charge in [-0.15, -0.1) is 0 Å². The topological polar surface area (TPSA) is 48.7 Å². The molecule has 1 aliphatic heterocycles. The molecule has 0 radical (unpaired) electrons. The number of hydrogen-bond donors (Lipinski definition) is 1. The molecule has 3 aliphatic rings. The Morgan fingerprint density at radius 1 is 1.12 bits per heavy atom. The molecule has 138 valence electrons. The average Bonchev–Trinajstić information content (AvgIpc) is 3.27. The summed E-state index contributed by atoms with van der Waals surface area (Å²) in [6.07, 6.45) is 5.63. The molecule has 2 heterocycles. The lowest BCUT2D eigenvalue weighted by Gasteiger charge is -2.39. The van der Waals surface area contributed by atoms with Crippen LogP contribution in [0.1, 0.15) is 53.8 Å². The second-order valence-electron chi connectivity index (χ2n) is 8.23. The first-order chi connectivity index (χ1) is 12.0. The van der Waals surface area contributed by atoms with Crippen LogP contribution in [-0.2, 0) is 6.54 Å². The van der Waals surface area contributed by atoms with E-state index < -0.39 is 0 Å². The van der Waals surface area contributed by atoms with E-state index in [0.717, 1.165) is 69.2 Å². The molecule has 5 nitrogen and oxygen atoms in total. The van der Waals surface area contributed by atoms with Gasteiger partial charge in [-0.3, -0.25) is 9.69 Å². The standard InChI is InChI=1S/C20H31N3O2/c1-14-12-17(15(2)23(14)13-16-6-7-16)20(25)22-10-8-21(9-11-22)18-4-3-5-19(18)24/h12,16,18-19,24H,3-11,13H2,1-2H3/t18-,19-/m1/s1. The fourth-order valence-electron chi connectivity index (χ4n) is 4.63. The van der Waals surface area contributed by atoms with Crippen molar-refractivity contribution in [1.82, 2.24) is 14.4 Å². The number of aliphatic hydroxyl groups is 1. The van der Waals surface area contributed by atoms with Crippen LogP contribution in [0.2, 0.25) is 0 Å². The van der Waals surface area contributed by atoms with Gasteiger partial charge in [-0.1, -0.05) is 0 Å². The zero-order valence-electron chi connectivity index (χ0n) is 15.6. The van der Waals surface area contributed by atoms with Gasteiger partial charge in [0.2, 0.25) is 0 Å². The van der Waals surface area contributed by atoms with E-state index in [1.165, 1.54) is 18.5 Å². The van der Waals surface area contributed by atoms with E-state index in [4.69, 9.17) is 0 Å². The summed E-state index contributed by atoms with van der Waals surface area (Å²) >= 11 is 0. The number of aliphatic hydroxyl groups excluding tert-OH is 1. The summed E-state index contributed by atoms with van der Waals surface area (Å²) < 4.78 is 2.33. The van der Waals surface area contributed by atoms with Crippen LogP contribution in [0.4, 0.5) is 0 Å². The molecule has 3 fully saturated rings. The van der Waals surface area contributed by atoms with Crippen molar-refractivity contribution in [3.8, 4) is 0 Å². The number of piperazine rings is 1. The predicted molar refractivity (Wildman–Crippen MR) is 97.8 cm³/mol. The van der Waals surface area contributed by atoms with Gasteiger partial charge in [-0.05, 0) is 57.9 Å². The Bertz CT molecular complexity index is 642. The minimum absolute atomic E-state index is 0.177. The second kappa shape index (κ2) is 6.76. The zero-order valence-corrected chi connectivity index (χ0v) is 15.6. The lowest BCUT2D eigenvalue weighted by Crippen LogP contribution is -2.53. The number of carbonyl (C=O) groups excluding carboxylic acids is 1. The molecular formula is C20H31N3O2. The molecule has 1 N–H and O–H groups in total. The molecule has 0 bridgehead atoms. The van der Waals surface area contributed by atoms with Crippen LogP contribution in [0.15, 0.2) is 6.07 Å². The minimum atomic E-state index is -0.177. The molecule has 0 spiro atoms. The van der Waals surface area contributed by atoms with Crippen LogP contribution >= 0.6 is 0 Å². The molecule has 2 atom stereocenters. The molecule has 1 aromatic rings. The van der Waals surface area contributed by atoms with Crippen molar-refractivity contribution in [2.75, 3.05) is 26.2 Å². The Labute approximate surface area is 150 Å². The summed E-state index contributed by atoms with van der Waals surface area (Å²) in [7, 11) is 0. The number of aromatic nitrogens is 1. The normalized spacial score (nSPS) is 27.9. The first kappa shape index (κ1) is 17.1. The number of carbonyl (C=O) groups is 1. The SMILES string of the molecule is Cc1cc(C(=O)N2CCN([C@@H]3CCC[C@H]3O)CC2)c(C)n1CC1CC1. The first-order valence-corrected chi connectivity index (χ1v) is 9.92. The largest absolute Gasteiger partial charge is 0.391 e. The highest BCUT2D eigenvalue weighted by Crippen LogP contribution is 2.32. The third-order valence-electron chi connectivity index (χ3n) is 6.46. The Kier molecular flexibility index (Phi) is 4.63. The molecule has 25 heavy (non-hydrogen) atoms. The van der Waals surface area contributed by atoms with Crippen LogP contribution in [0.5, 0.6) is 0 Å². The molecule has 2 saturated carbocycles. The van der Waals surface area contributed by atoms with Crippen LogP contribution in [-0.4, -0.2) is 63.7 Å². The van der Waals surface area contributed by atoms with E-state index in [1.54, 1.807) is 0 Å². The third kappa shape index (κ3) is 3.36. The lowest BCUT2D eigenvalue weighted by atomic mass is 10.1. The summed E-state index contributed by atoms with van der Waals surface area (Å²) in [5.41, 5.74) is 3.22. The van der Waals surface area contributed by atoms with Gasteiger partial charge in [0.05, 0.1) is 11.7 Å². The highest BCUT2D eigenvalue weighted by molar-refractivity contribution is 5.95. The van der Waals surface area contributed by atoms with Crippen molar-refractivity contribution < 1.29 is 9.90 Å². The summed E-state index contributed by atoms with van der Waals surface area (Å²) in [5.74, 6) is 0.996. The lowest BCUT2D eigenvalue weighted by molar-refractivity contribution is 0.0315. The van der Waals surface area contributed by atoms with Gasteiger partial charge < -0.3 is 14.6 Å². The van der Waals surface area contributed by atoms with Gasteiger partial charge in [0.25, 0.3) is 5.91 Å². The number of aryl methyl sites for hydroxylation is 1. The molecule has 0 aromatic carbocycles. The van der Waals surface area contributed by atoms with E-state index in [9.17, 15) is 9.90 Å². The fourth-order valence-corrected chi connectivity index (χ4v) is 4.63. The fraction of sp³-hybridized carbons (Fsp3) is 0.750. The predicted octanol–water partition coefficient (Wildman–Crippen LogP) is 2.19. The first-order valence-electron chi connectivity index (χ1n) is 9.92. The van der Waals surface area contributed by atoms with Gasteiger partial charge in [0, 0.05) is 50.2 Å². The van der Waals surface area contributed by atoms with Gasteiger partial charge in [-0.25, -0.2) is 0 Å². The molecule has 1 aromatic heterocycles. The Balaban J connectivity index is 1.40. The maximum Gasteiger partial charge on any atom is 0.255 e.